The lowest BCUT2D eigenvalue weighted by atomic mass is 10.2. The lowest BCUT2D eigenvalue weighted by Gasteiger charge is -2.26. The Labute approximate surface area is 85.0 Å². The van der Waals surface area contributed by atoms with Crippen LogP contribution in [0, 0.1) is 0 Å². The fourth-order valence-corrected chi connectivity index (χ4v) is 1.60. The van der Waals surface area contributed by atoms with Crippen molar-refractivity contribution in [1.29, 1.82) is 0 Å². The van der Waals surface area contributed by atoms with Crippen molar-refractivity contribution in [3.05, 3.63) is 0 Å². The Morgan fingerprint density at radius 3 is 2.46 bits per heavy atom. The summed E-state index contributed by atoms with van der Waals surface area (Å²) < 4.78 is 0. The third-order valence-corrected chi connectivity index (χ3v) is 2.78. The zero-order valence-electron chi connectivity index (χ0n) is 8.91. The topological polar surface area (TPSA) is 46.3 Å². The van der Waals surface area contributed by atoms with E-state index in [4.69, 9.17) is 5.73 Å². The van der Waals surface area contributed by atoms with Crippen molar-refractivity contribution < 1.29 is 4.79 Å². The second kappa shape index (κ2) is 6.27. The van der Waals surface area contributed by atoms with E-state index in [1.54, 1.807) is 23.6 Å². The van der Waals surface area contributed by atoms with Gasteiger partial charge in [0.15, 0.2) is 0 Å². The van der Waals surface area contributed by atoms with Gasteiger partial charge >= 0.3 is 0 Å². The number of likely N-dealkylation sites (N-methyl/N-ethyl adjacent to an activating group) is 1. The van der Waals surface area contributed by atoms with E-state index in [0.717, 1.165) is 12.2 Å². The molecule has 1 unspecified atom stereocenters. The van der Waals surface area contributed by atoms with Crippen LogP contribution in [-0.4, -0.2) is 41.9 Å². The van der Waals surface area contributed by atoms with E-state index in [2.05, 4.69) is 13.2 Å². The summed E-state index contributed by atoms with van der Waals surface area (Å²) in [6.07, 6.45) is 3.09. The molecule has 3 nitrogen and oxygen atoms in total. The number of carbonyl (C=O) groups is 1. The lowest BCUT2D eigenvalue weighted by molar-refractivity contribution is -0.132. The fraction of sp³-hybridized carbons (Fsp3) is 0.889. The van der Waals surface area contributed by atoms with Crippen LogP contribution in [0.4, 0.5) is 0 Å². The predicted octanol–water partition coefficient (Wildman–Crippen LogP) is 0.934. The van der Waals surface area contributed by atoms with Gasteiger partial charge in [0.25, 0.3) is 0 Å². The summed E-state index contributed by atoms with van der Waals surface area (Å²) in [5, 5.41) is 0. The standard InChI is InChI=1S/C9H20N2OS/c1-7(5-6-13-4)11(3)9(12)8(2)10/h7-8H,5-6,10H2,1-4H3/t7?,8-/m0/s1. The number of thioether (sulfide) groups is 1. The molecule has 0 rings (SSSR count). The van der Waals surface area contributed by atoms with E-state index in [1.807, 2.05) is 7.05 Å². The Morgan fingerprint density at radius 2 is 2.08 bits per heavy atom. The Bertz CT molecular complexity index is 162. The molecule has 78 valence electrons. The van der Waals surface area contributed by atoms with Crippen LogP contribution in [0.15, 0.2) is 0 Å². The van der Waals surface area contributed by atoms with Crippen molar-refractivity contribution in [1.82, 2.24) is 4.90 Å². The average Bonchev–Trinajstić information content (AvgIpc) is 2.11. The van der Waals surface area contributed by atoms with Gasteiger partial charge in [0.1, 0.15) is 0 Å². The molecule has 0 radical (unpaired) electrons. The summed E-state index contributed by atoms with van der Waals surface area (Å²) in [6.45, 7) is 3.77. The van der Waals surface area contributed by atoms with Crippen molar-refractivity contribution in [2.24, 2.45) is 5.73 Å². The maximum absolute atomic E-state index is 11.4. The van der Waals surface area contributed by atoms with Gasteiger partial charge in [-0.25, -0.2) is 0 Å². The van der Waals surface area contributed by atoms with Crippen LogP contribution >= 0.6 is 11.8 Å². The summed E-state index contributed by atoms with van der Waals surface area (Å²) in [6, 6.07) is -0.104. The Balaban J connectivity index is 3.94. The molecule has 1 amide bonds. The molecule has 2 N–H and O–H groups in total. The fourth-order valence-electron chi connectivity index (χ4n) is 1.02. The quantitative estimate of drug-likeness (QED) is 0.725. The molecule has 0 aliphatic carbocycles. The molecule has 0 saturated heterocycles. The minimum atomic E-state index is -0.387. The summed E-state index contributed by atoms with van der Waals surface area (Å²) in [5.41, 5.74) is 5.51. The molecule has 0 aliphatic heterocycles. The predicted molar refractivity (Wildman–Crippen MR) is 58.9 cm³/mol. The first kappa shape index (κ1) is 12.8. The third-order valence-electron chi connectivity index (χ3n) is 2.14. The molecule has 0 saturated carbocycles. The number of carbonyl (C=O) groups excluding carboxylic acids is 1. The monoisotopic (exact) mass is 204 g/mol. The van der Waals surface area contributed by atoms with Gasteiger partial charge in [0.2, 0.25) is 5.91 Å². The molecule has 0 aromatic carbocycles. The highest BCUT2D eigenvalue weighted by Gasteiger charge is 2.17. The van der Waals surface area contributed by atoms with Crippen LogP contribution in [-0.2, 0) is 4.79 Å². The van der Waals surface area contributed by atoms with Crippen molar-refractivity contribution >= 4 is 17.7 Å². The van der Waals surface area contributed by atoms with Crippen LogP contribution in [0.1, 0.15) is 20.3 Å². The van der Waals surface area contributed by atoms with Gasteiger partial charge in [-0.15, -0.1) is 0 Å². The molecule has 0 spiro atoms. The zero-order valence-corrected chi connectivity index (χ0v) is 9.73. The highest BCUT2D eigenvalue weighted by Crippen LogP contribution is 2.06. The molecule has 13 heavy (non-hydrogen) atoms. The highest BCUT2D eigenvalue weighted by atomic mass is 32.2. The molecule has 0 bridgehead atoms. The number of nitrogens with two attached hydrogens (primary N) is 1. The first-order valence-electron chi connectivity index (χ1n) is 4.52. The van der Waals surface area contributed by atoms with Gasteiger partial charge in [-0.1, -0.05) is 0 Å². The second-order valence-corrected chi connectivity index (χ2v) is 4.35. The Hall–Kier alpha value is -0.220. The van der Waals surface area contributed by atoms with Crippen LogP contribution in [0.2, 0.25) is 0 Å². The van der Waals surface area contributed by atoms with E-state index in [9.17, 15) is 4.79 Å². The molecular formula is C9H20N2OS. The molecule has 0 aliphatic rings. The van der Waals surface area contributed by atoms with Gasteiger partial charge in [0, 0.05) is 13.1 Å². The molecular weight excluding hydrogens is 184 g/mol. The average molecular weight is 204 g/mol. The smallest absolute Gasteiger partial charge is 0.239 e. The summed E-state index contributed by atoms with van der Waals surface area (Å²) in [5.74, 6) is 1.10. The van der Waals surface area contributed by atoms with Crippen LogP contribution in [0.3, 0.4) is 0 Å². The Kier molecular flexibility index (Phi) is 6.16. The number of amides is 1. The summed E-state index contributed by atoms with van der Waals surface area (Å²) in [4.78, 5) is 13.2. The van der Waals surface area contributed by atoms with Gasteiger partial charge in [-0.3, -0.25) is 4.79 Å². The molecule has 0 aromatic rings. The number of nitrogens with zero attached hydrogens (tertiary/aromatic N) is 1. The van der Waals surface area contributed by atoms with Crippen molar-refractivity contribution in [2.75, 3.05) is 19.1 Å². The summed E-state index contributed by atoms with van der Waals surface area (Å²) in [7, 11) is 1.82. The van der Waals surface area contributed by atoms with E-state index >= 15 is 0 Å². The first-order valence-corrected chi connectivity index (χ1v) is 5.91. The van der Waals surface area contributed by atoms with Crippen molar-refractivity contribution in [3.63, 3.8) is 0 Å². The van der Waals surface area contributed by atoms with Crippen molar-refractivity contribution in [3.8, 4) is 0 Å². The zero-order chi connectivity index (χ0) is 10.4. The minimum absolute atomic E-state index is 0.0219. The molecule has 2 atom stereocenters. The molecule has 0 fully saturated rings. The number of rotatable bonds is 5. The molecule has 4 heteroatoms. The molecule has 0 heterocycles. The number of hydrogen-bond acceptors (Lipinski definition) is 3. The van der Waals surface area contributed by atoms with E-state index in [1.165, 1.54) is 0 Å². The third kappa shape index (κ3) is 4.52. The molecule has 0 aromatic heterocycles. The van der Waals surface area contributed by atoms with Crippen LogP contribution in [0.5, 0.6) is 0 Å². The largest absolute Gasteiger partial charge is 0.342 e. The lowest BCUT2D eigenvalue weighted by Crippen LogP contribution is -2.44. The first-order chi connectivity index (χ1) is 6.00. The maximum Gasteiger partial charge on any atom is 0.239 e. The van der Waals surface area contributed by atoms with E-state index in [-0.39, 0.29) is 18.0 Å². The van der Waals surface area contributed by atoms with Crippen LogP contribution < -0.4 is 5.73 Å². The Morgan fingerprint density at radius 1 is 1.54 bits per heavy atom. The van der Waals surface area contributed by atoms with Crippen LogP contribution in [0.25, 0.3) is 0 Å². The van der Waals surface area contributed by atoms with Gasteiger partial charge < -0.3 is 10.6 Å². The number of hydrogen-bond donors (Lipinski definition) is 1. The second-order valence-electron chi connectivity index (χ2n) is 3.37. The SMILES string of the molecule is CSCCC(C)N(C)C(=O)[C@H](C)N. The maximum atomic E-state index is 11.4. The summed E-state index contributed by atoms with van der Waals surface area (Å²) >= 11 is 1.80. The van der Waals surface area contributed by atoms with Gasteiger partial charge in [-0.05, 0) is 32.3 Å². The van der Waals surface area contributed by atoms with Crippen molar-refractivity contribution in [2.45, 2.75) is 32.4 Å². The highest BCUT2D eigenvalue weighted by molar-refractivity contribution is 7.98. The van der Waals surface area contributed by atoms with Gasteiger partial charge in [0.05, 0.1) is 6.04 Å². The van der Waals surface area contributed by atoms with E-state index in [0.29, 0.717) is 0 Å². The van der Waals surface area contributed by atoms with Gasteiger partial charge in [-0.2, -0.15) is 11.8 Å². The van der Waals surface area contributed by atoms with E-state index < -0.39 is 0 Å². The normalized spacial score (nSPS) is 15.2. The minimum Gasteiger partial charge on any atom is -0.342 e.